The molecule has 0 heterocycles. The third-order valence-electron chi connectivity index (χ3n) is 2.74. The van der Waals surface area contributed by atoms with E-state index in [-0.39, 0.29) is 10.3 Å². The molecule has 100 valence electrons. The lowest BCUT2D eigenvalue weighted by Gasteiger charge is -2.11. The van der Waals surface area contributed by atoms with Gasteiger partial charge < -0.3 is 0 Å². The SMILES string of the molecule is CS(=O)(=O)c1cccc(C(Cl)c2ccc(Br)cc2)c1. The van der Waals surface area contributed by atoms with E-state index < -0.39 is 9.84 Å². The van der Waals surface area contributed by atoms with Gasteiger partial charge in [0.15, 0.2) is 9.84 Å². The van der Waals surface area contributed by atoms with E-state index in [1.807, 2.05) is 30.3 Å². The van der Waals surface area contributed by atoms with Crippen molar-refractivity contribution >= 4 is 37.4 Å². The first kappa shape index (κ1) is 14.6. The number of rotatable bonds is 3. The molecule has 0 saturated carbocycles. The minimum absolute atomic E-state index is 0.285. The maximum absolute atomic E-state index is 11.5. The zero-order chi connectivity index (χ0) is 14.0. The lowest BCUT2D eigenvalue weighted by molar-refractivity contribution is 0.601. The van der Waals surface area contributed by atoms with Crippen LogP contribution < -0.4 is 0 Å². The highest BCUT2D eigenvalue weighted by Crippen LogP contribution is 2.30. The largest absolute Gasteiger partial charge is 0.224 e. The maximum Gasteiger partial charge on any atom is 0.175 e. The van der Waals surface area contributed by atoms with Gasteiger partial charge in [-0.1, -0.05) is 40.2 Å². The Morgan fingerprint density at radius 1 is 1.05 bits per heavy atom. The standard InChI is InChI=1S/C14H12BrClO2S/c1-19(17,18)13-4-2-3-11(9-13)14(16)10-5-7-12(15)8-6-10/h2-9,14H,1H3. The van der Waals surface area contributed by atoms with E-state index >= 15 is 0 Å². The molecule has 0 aromatic heterocycles. The summed E-state index contributed by atoms with van der Waals surface area (Å²) in [5.41, 5.74) is 1.70. The maximum atomic E-state index is 11.5. The van der Waals surface area contributed by atoms with E-state index in [0.29, 0.717) is 0 Å². The van der Waals surface area contributed by atoms with Crippen LogP contribution in [0, 0.1) is 0 Å². The van der Waals surface area contributed by atoms with Crippen LogP contribution in [0.25, 0.3) is 0 Å². The summed E-state index contributed by atoms with van der Waals surface area (Å²) in [6, 6.07) is 14.4. The van der Waals surface area contributed by atoms with Gasteiger partial charge in [-0.2, -0.15) is 0 Å². The minimum Gasteiger partial charge on any atom is -0.224 e. The Morgan fingerprint density at radius 2 is 1.68 bits per heavy atom. The quantitative estimate of drug-likeness (QED) is 0.770. The van der Waals surface area contributed by atoms with Crippen LogP contribution in [0.15, 0.2) is 57.9 Å². The molecule has 2 aromatic rings. The Kier molecular flexibility index (Phi) is 4.33. The Morgan fingerprint density at radius 3 is 2.26 bits per heavy atom. The fourth-order valence-electron chi connectivity index (χ4n) is 1.73. The normalized spacial score (nSPS) is 13.2. The van der Waals surface area contributed by atoms with Crippen LogP contribution in [-0.4, -0.2) is 14.7 Å². The Bertz CT molecular complexity index is 681. The number of hydrogen-bond acceptors (Lipinski definition) is 2. The number of benzene rings is 2. The van der Waals surface area contributed by atoms with Gasteiger partial charge in [0, 0.05) is 10.7 Å². The molecule has 0 radical (unpaired) electrons. The molecule has 2 nitrogen and oxygen atoms in total. The monoisotopic (exact) mass is 358 g/mol. The molecule has 19 heavy (non-hydrogen) atoms. The van der Waals surface area contributed by atoms with Crippen molar-refractivity contribution in [1.82, 2.24) is 0 Å². The van der Waals surface area contributed by atoms with Crippen molar-refractivity contribution in [2.75, 3.05) is 6.26 Å². The van der Waals surface area contributed by atoms with E-state index in [4.69, 9.17) is 11.6 Å². The molecule has 0 bridgehead atoms. The van der Waals surface area contributed by atoms with E-state index in [1.165, 1.54) is 6.26 Å². The molecule has 0 aliphatic heterocycles. The van der Waals surface area contributed by atoms with E-state index in [2.05, 4.69) is 15.9 Å². The van der Waals surface area contributed by atoms with E-state index in [9.17, 15) is 8.42 Å². The molecule has 0 spiro atoms. The van der Waals surface area contributed by atoms with Gasteiger partial charge in [0.2, 0.25) is 0 Å². The molecule has 5 heteroatoms. The molecule has 2 rings (SSSR count). The summed E-state index contributed by atoms with van der Waals surface area (Å²) in [5.74, 6) is 0. The molecule has 0 saturated heterocycles. The van der Waals surface area contributed by atoms with Crippen LogP contribution >= 0.6 is 27.5 Å². The molecule has 2 aromatic carbocycles. The van der Waals surface area contributed by atoms with Crippen molar-refractivity contribution in [1.29, 1.82) is 0 Å². The van der Waals surface area contributed by atoms with Gasteiger partial charge in [-0.25, -0.2) is 8.42 Å². The molecule has 1 atom stereocenters. The average Bonchev–Trinajstić information content (AvgIpc) is 2.38. The first-order chi connectivity index (χ1) is 8.88. The summed E-state index contributed by atoms with van der Waals surface area (Å²) in [6.07, 6.45) is 1.19. The van der Waals surface area contributed by atoms with E-state index in [1.54, 1.807) is 18.2 Å². The second-order valence-electron chi connectivity index (χ2n) is 4.26. The van der Waals surface area contributed by atoms with Gasteiger partial charge in [0.05, 0.1) is 10.3 Å². The second kappa shape index (κ2) is 5.65. The summed E-state index contributed by atoms with van der Waals surface area (Å²) in [4.78, 5) is 0.285. The predicted molar refractivity (Wildman–Crippen MR) is 81.4 cm³/mol. The van der Waals surface area contributed by atoms with Crippen molar-refractivity contribution in [3.8, 4) is 0 Å². The van der Waals surface area contributed by atoms with Crippen molar-refractivity contribution in [3.05, 3.63) is 64.1 Å². The molecule has 1 unspecified atom stereocenters. The van der Waals surface area contributed by atoms with Gasteiger partial charge in [-0.15, -0.1) is 11.6 Å². The van der Waals surface area contributed by atoms with Crippen LogP contribution in [0.1, 0.15) is 16.5 Å². The predicted octanol–water partition coefficient (Wildman–Crippen LogP) is 4.18. The lowest BCUT2D eigenvalue weighted by Crippen LogP contribution is -2.00. The smallest absolute Gasteiger partial charge is 0.175 e. The fraction of sp³-hybridized carbons (Fsp3) is 0.143. The number of sulfone groups is 1. The van der Waals surface area contributed by atoms with Gasteiger partial charge in [-0.3, -0.25) is 0 Å². The summed E-state index contributed by atoms with van der Waals surface area (Å²) in [5, 5.41) is -0.366. The lowest BCUT2D eigenvalue weighted by atomic mass is 10.0. The summed E-state index contributed by atoms with van der Waals surface area (Å²) in [7, 11) is -3.21. The van der Waals surface area contributed by atoms with Crippen LogP contribution in [0.3, 0.4) is 0 Å². The molecule has 0 aliphatic carbocycles. The highest BCUT2D eigenvalue weighted by atomic mass is 79.9. The average molecular weight is 360 g/mol. The molecule has 0 N–H and O–H groups in total. The van der Waals surface area contributed by atoms with E-state index in [0.717, 1.165) is 15.6 Å². The first-order valence-electron chi connectivity index (χ1n) is 5.57. The van der Waals surface area contributed by atoms with Crippen molar-refractivity contribution < 1.29 is 8.42 Å². The van der Waals surface area contributed by atoms with Gasteiger partial charge in [-0.05, 0) is 35.4 Å². The Hall–Kier alpha value is -0.840. The number of hydrogen-bond donors (Lipinski definition) is 0. The third-order valence-corrected chi connectivity index (χ3v) is 4.88. The Balaban J connectivity index is 2.39. The van der Waals surface area contributed by atoms with Crippen molar-refractivity contribution in [2.45, 2.75) is 10.3 Å². The van der Waals surface area contributed by atoms with Crippen LogP contribution in [-0.2, 0) is 9.84 Å². The van der Waals surface area contributed by atoms with Gasteiger partial charge >= 0.3 is 0 Å². The molecule has 0 aliphatic rings. The molecular formula is C14H12BrClO2S. The second-order valence-corrected chi connectivity index (χ2v) is 7.63. The van der Waals surface area contributed by atoms with Crippen molar-refractivity contribution in [2.24, 2.45) is 0 Å². The van der Waals surface area contributed by atoms with Crippen LogP contribution in [0.5, 0.6) is 0 Å². The molecule has 0 fully saturated rings. The minimum atomic E-state index is -3.21. The molecule has 0 amide bonds. The van der Waals surface area contributed by atoms with Crippen LogP contribution in [0.2, 0.25) is 0 Å². The number of alkyl halides is 1. The zero-order valence-electron chi connectivity index (χ0n) is 10.2. The van der Waals surface area contributed by atoms with Gasteiger partial charge in [0.1, 0.15) is 0 Å². The molecular weight excluding hydrogens is 348 g/mol. The third kappa shape index (κ3) is 3.59. The zero-order valence-corrected chi connectivity index (χ0v) is 13.3. The van der Waals surface area contributed by atoms with Gasteiger partial charge in [0.25, 0.3) is 0 Å². The van der Waals surface area contributed by atoms with Crippen LogP contribution in [0.4, 0.5) is 0 Å². The summed E-state index contributed by atoms with van der Waals surface area (Å²) >= 11 is 9.76. The highest BCUT2D eigenvalue weighted by Gasteiger charge is 2.14. The first-order valence-corrected chi connectivity index (χ1v) is 8.69. The topological polar surface area (TPSA) is 34.1 Å². The Labute approximate surface area is 126 Å². The summed E-state index contributed by atoms with van der Waals surface area (Å²) < 4.78 is 24.1. The highest BCUT2D eigenvalue weighted by molar-refractivity contribution is 9.10. The fourth-order valence-corrected chi connectivity index (χ4v) is 2.95. The number of halogens is 2. The van der Waals surface area contributed by atoms with Crippen molar-refractivity contribution in [3.63, 3.8) is 0 Å². The summed E-state index contributed by atoms with van der Waals surface area (Å²) in [6.45, 7) is 0.